The molecular weight excluding hydrogens is 456 g/mol. The number of ether oxygens (including phenoxy) is 1. The van der Waals surface area contributed by atoms with Crippen molar-refractivity contribution in [2.45, 2.75) is 39.0 Å². The Kier molecular flexibility index (Phi) is 6.90. The highest BCUT2D eigenvalue weighted by Crippen LogP contribution is 2.27. The molecule has 0 aliphatic rings. The van der Waals surface area contributed by atoms with E-state index < -0.39 is 0 Å². The number of fused-ring (bicyclic) bond motifs is 1. The van der Waals surface area contributed by atoms with Crippen LogP contribution in [0.3, 0.4) is 0 Å². The van der Waals surface area contributed by atoms with Crippen molar-refractivity contribution in [3.63, 3.8) is 0 Å². The van der Waals surface area contributed by atoms with Gasteiger partial charge in [-0.3, -0.25) is 9.69 Å². The molecule has 0 amide bonds. The first kappa shape index (κ1) is 23.5. The van der Waals surface area contributed by atoms with Gasteiger partial charge in [0.15, 0.2) is 5.82 Å². The van der Waals surface area contributed by atoms with E-state index in [9.17, 15) is 4.79 Å². The minimum absolute atomic E-state index is 0.115. The molecule has 3 aromatic heterocycles. The number of pyridine rings is 1. The maximum Gasteiger partial charge on any atom is 0.252 e. The van der Waals surface area contributed by atoms with Crippen LogP contribution in [-0.2, 0) is 19.6 Å². The van der Waals surface area contributed by atoms with Gasteiger partial charge in [0.25, 0.3) is 5.56 Å². The first-order chi connectivity index (χ1) is 17.6. The number of rotatable bonds is 10. The molecule has 1 N–H and O–H groups in total. The standard InChI is InChI=1S/C27H28N6O3/c1-3-25(26-29-30-31-33(26)18-23-10-7-13-36-23)32(16-19-8-5-4-6-9-19)17-21-14-20-15-22(35-2)11-12-24(20)28-27(21)34/h4-15,25H,3,16-18H2,1-2H3,(H,28,34)/t25-/m1/s1. The normalized spacial score (nSPS) is 12.3. The van der Waals surface area contributed by atoms with Crippen LogP contribution in [0.2, 0.25) is 0 Å². The molecule has 9 heteroatoms. The van der Waals surface area contributed by atoms with Gasteiger partial charge in [0.1, 0.15) is 18.1 Å². The topological polar surface area (TPSA) is 102 Å². The van der Waals surface area contributed by atoms with Gasteiger partial charge in [-0.25, -0.2) is 4.68 Å². The fourth-order valence-electron chi connectivity index (χ4n) is 4.50. The molecule has 0 aliphatic carbocycles. The van der Waals surface area contributed by atoms with Gasteiger partial charge in [-0.2, -0.15) is 0 Å². The Balaban J connectivity index is 1.52. The third kappa shape index (κ3) is 5.06. The Morgan fingerprint density at radius 1 is 1.08 bits per heavy atom. The minimum Gasteiger partial charge on any atom is -0.497 e. The third-order valence-electron chi connectivity index (χ3n) is 6.30. The van der Waals surface area contributed by atoms with Gasteiger partial charge in [0.05, 0.1) is 19.4 Å². The van der Waals surface area contributed by atoms with Gasteiger partial charge in [-0.05, 0) is 58.8 Å². The largest absolute Gasteiger partial charge is 0.497 e. The molecule has 36 heavy (non-hydrogen) atoms. The quantitative estimate of drug-likeness (QED) is 0.315. The summed E-state index contributed by atoms with van der Waals surface area (Å²) in [4.78, 5) is 18.3. The summed E-state index contributed by atoms with van der Waals surface area (Å²) in [6.45, 7) is 3.58. The van der Waals surface area contributed by atoms with Gasteiger partial charge >= 0.3 is 0 Å². The molecule has 0 saturated heterocycles. The summed E-state index contributed by atoms with van der Waals surface area (Å²) in [5.41, 5.74) is 2.46. The van der Waals surface area contributed by atoms with Crippen LogP contribution in [0.4, 0.5) is 0 Å². The predicted molar refractivity (Wildman–Crippen MR) is 135 cm³/mol. The van der Waals surface area contributed by atoms with E-state index in [1.807, 2.05) is 54.6 Å². The number of aromatic amines is 1. The lowest BCUT2D eigenvalue weighted by Crippen LogP contribution is -2.32. The number of nitrogens with zero attached hydrogens (tertiary/aromatic N) is 5. The molecule has 3 heterocycles. The summed E-state index contributed by atoms with van der Waals surface area (Å²) in [6.07, 6.45) is 2.39. The number of methoxy groups -OCH3 is 1. The van der Waals surface area contributed by atoms with Gasteiger partial charge in [0.2, 0.25) is 0 Å². The van der Waals surface area contributed by atoms with Crippen LogP contribution in [0.5, 0.6) is 5.75 Å². The molecule has 2 aromatic carbocycles. The number of H-pyrrole nitrogens is 1. The summed E-state index contributed by atoms with van der Waals surface area (Å²) < 4.78 is 12.7. The highest BCUT2D eigenvalue weighted by Gasteiger charge is 2.26. The molecule has 0 unspecified atom stereocenters. The maximum atomic E-state index is 13.1. The number of aromatic nitrogens is 5. The molecule has 0 saturated carbocycles. The van der Waals surface area contributed by atoms with Crippen LogP contribution in [-0.4, -0.2) is 37.2 Å². The number of tetrazole rings is 1. The third-order valence-corrected chi connectivity index (χ3v) is 6.30. The van der Waals surface area contributed by atoms with Crippen LogP contribution in [0.25, 0.3) is 10.9 Å². The molecule has 0 fully saturated rings. The van der Waals surface area contributed by atoms with Gasteiger partial charge in [-0.15, -0.1) is 5.10 Å². The Morgan fingerprint density at radius 2 is 1.94 bits per heavy atom. The Labute approximate surface area is 208 Å². The average Bonchev–Trinajstić information content (AvgIpc) is 3.58. The monoisotopic (exact) mass is 484 g/mol. The fourth-order valence-corrected chi connectivity index (χ4v) is 4.50. The van der Waals surface area contributed by atoms with Gasteiger partial charge in [0, 0.05) is 29.6 Å². The Bertz CT molecular complexity index is 1480. The van der Waals surface area contributed by atoms with Gasteiger partial charge < -0.3 is 14.1 Å². The fraction of sp³-hybridized carbons (Fsp3) is 0.259. The van der Waals surface area contributed by atoms with Crippen molar-refractivity contribution in [2.24, 2.45) is 0 Å². The molecule has 9 nitrogen and oxygen atoms in total. The number of nitrogens with one attached hydrogen (secondary N) is 1. The molecular formula is C27H28N6O3. The molecule has 0 aliphatic heterocycles. The second-order valence-corrected chi connectivity index (χ2v) is 8.67. The van der Waals surface area contributed by atoms with Crippen molar-refractivity contribution in [1.29, 1.82) is 0 Å². The maximum absolute atomic E-state index is 13.1. The highest BCUT2D eigenvalue weighted by atomic mass is 16.5. The van der Waals surface area contributed by atoms with Crippen LogP contribution in [0, 0.1) is 0 Å². The zero-order valence-electron chi connectivity index (χ0n) is 20.3. The van der Waals surface area contributed by atoms with Crippen molar-refractivity contribution in [1.82, 2.24) is 30.1 Å². The van der Waals surface area contributed by atoms with Crippen molar-refractivity contribution < 1.29 is 9.15 Å². The summed E-state index contributed by atoms with van der Waals surface area (Å²) in [5, 5.41) is 13.5. The van der Waals surface area contributed by atoms with Crippen molar-refractivity contribution >= 4 is 10.9 Å². The minimum atomic E-state index is -0.129. The van der Waals surface area contributed by atoms with E-state index in [4.69, 9.17) is 9.15 Å². The Hall–Kier alpha value is -4.24. The number of hydrogen-bond donors (Lipinski definition) is 1. The zero-order chi connectivity index (χ0) is 24.9. The lowest BCUT2D eigenvalue weighted by molar-refractivity contribution is 0.161. The first-order valence-corrected chi connectivity index (χ1v) is 11.9. The van der Waals surface area contributed by atoms with E-state index in [0.717, 1.165) is 40.2 Å². The molecule has 0 spiro atoms. The SMILES string of the molecule is CC[C@H](c1nnnn1Cc1ccco1)N(Cc1ccccc1)Cc1cc2cc(OC)ccc2[nH]c1=O. The number of furan rings is 1. The molecule has 1 atom stereocenters. The van der Waals surface area contributed by atoms with E-state index in [2.05, 4.69) is 44.5 Å². The molecule has 5 rings (SSSR count). The molecule has 0 bridgehead atoms. The summed E-state index contributed by atoms with van der Waals surface area (Å²) in [5.74, 6) is 2.24. The van der Waals surface area contributed by atoms with E-state index in [1.165, 1.54) is 0 Å². The van der Waals surface area contributed by atoms with Crippen molar-refractivity contribution in [3.05, 3.63) is 106 Å². The van der Waals surface area contributed by atoms with Crippen LogP contribution in [0.1, 0.15) is 42.1 Å². The summed E-state index contributed by atoms with van der Waals surface area (Å²) in [7, 11) is 1.63. The first-order valence-electron chi connectivity index (χ1n) is 11.9. The molecule has 0 radical (unpaired) electrons. The second kappa shape index (κ2) is 10.6. The van der Waals surface area contributed by atoms with Crippen LogP contribution < -0.4 is 10.3 Å². The van der Waals surface area contributed by atoms with Crippen LogP contribution in [0.15, 0.2) is 82.2 Å². The molecule has 5 aromatic rings. The van der Waals surface area contributed by atoms with E-state index in [1.54, 1.807) is 18.1 Å². The highest BCUT2D eigenvalue weighted by molar-refractivity contribution is 5.80. The number of benzene rings is 2. The second-order valence-electron chi connectivity index (χ2n) is 8.67. The summed E-state index contributed by atoms with van der Waals surface area (Å²) >= 11 is 0. The lowest BCUT2D eigenvalue weighted by Gasteiger charge is -2.30. The number of hydrogen-bond acceptors (Lipinski definition) is 7. The zero-order valence-corrected chi connectivity index (χ0v) is 20.3. The lowest BCUT2D eigenvalue weighted by atomic mass is 10.1. The van der Waals surface area contributed by atoms with E-state index in [-0.39, 0.29) is 11.6 Å². The van der Waals surface area contributed by atoms with Crippen molar-refractivity contribution in [3.8, 4) is 5.75 Å². The van der Waals surface area contributed by atoms with Gasteiger partial charge in [-0.1, -0.05) is 37.3 Å². The van der Waals surface area contributed by atoms with E-state index >= 15 is 0 Å². The van der Waals surface area contributed by atoms with Crippen molar-refractivity contribution in [2.75, 3.05) is 7.11 Å². The Morgan fingerprint density at radius 3 is 2.69 bits per heavy atom. The van der Waals surface area contributed by atoms with Crippen LogP contribution >= 0.6 is 0 Å². The van der Waals surface area contributed by atoms with E-state index in [0.29, 0.717) is 25.2 Å². The predicted octanol–water partition coefficient (Wildman–Crippen LogP) is 4.32. The summed E-state index contributed by atoms with van der Waals surface area (Å²) in [6, 6.07) is 21.4. The average molecular weight is 485 g/mol. The smallest absolute Gasteiger partial charge is 0.252 e. The molecule has 184 valence electrons.